The fourth-order valence-electron chi connectivity index (χ4n) is 6.43. The molecule has 1 N–H and O–H groups in total. The van der Waals surface area contributed by atoms with Crippen molar-refractivity contribution in [2.45, 2.75) is 71.8 Å². The van der Waals surface area contributed by atoms with Gasteiger partial charge in [0, 0.05) is 16.9 Å². The molecule has 1 aromatic carbocycles. The lowest BCUT2D eigenvalue weighted by atomic mass is 9.44. The highest BCUT2D eigenvalue weighted by Gasteiger charge is 2.66. The van der Waals surface area contributed by atoms with Gasteiger partial charge in [-0.05, 0) is 62.0 Å². The number of benzene rings is 1. The van der Waals surface area contributed by atoms with E-state index in [4.69, 9.17) is 9.47 Å². The lowest BCUT2D eigenvalue weighted by Crippen LogP contribution is -2.68. The van der Waals surface area contributed by atoms with E-state index < -0.39 is 0 Å². The molecule has 2 saturated carbocycles. The van der Waals surface area contributed by atoms with Crippen LogP contribution < -0.4 is 9.47 Å². The van der Waals surface area contributed by atoms with Gasteiger partial charge in [-0.15, -0.1) is 0 Å². The summed E-state index contributed by atoms with van der Waals surface area (Å²) in [6, 6.07) is 3.58. The van der Waals surface area contributed by atoms with Crippen molar-refractivity contribution in [2.24, 2.45) is 22.7 Å². The Morgan fingerprint density at radius 2 is 1.92 bits per heavy atom. The molecular weight excluding hydrogens is 312 g/mol. The van der Waals surface area contributed by atoms with Crippen molar-refractivity contribution in [3.63, 3.8) is 0 Å². The smallest absolute Gasteiger partial charge is 0.168 e. The maximum atomic E-state index is 10.6. The van der Waals surface area contributed by atoms with Gasteiger partial charge in [0.2, 0.25) is 0 Å². The van der Waals surface area contributed by atoms with E-state index in [0.29, 0.717) is 17.6 Å². The Kier molecular flexibility index (Phi) is 3.62. The number of rotatable bonds is 1. The second kappa shape index (κ2) is 5.31. The quantitative estimate of drug-likeness (QED) is 0.747. The SMILES string of the molecule is COc1ccc(O)c2c1C[C@]1(C)[C@@H](C)CC[C@H]3C(C)(C)CCC[C@]31O2. The first-order valence-corrected chi connectivity index (χ1v) is 9.83. The molecule has 0 radical (unpaired) electrons. The molecule has 2 aliphatic carbocycles. The normalized spacial score (nSPS) is 38.8. The Balaban J connectivity index is 1.92. The molecule has 4 atom stereocenters. The third-order valence-electron chi connectivity index (χ3n) is 8.06. The number of ether oxygens (including phenoxy) is 2. The Hall–Kier alpha value is -1.38. The molecule has 0 unspecified atom stereocenters. The molecule has 0 amide bonds. The van der Waals surface area contributed by atoms with Gasteiger partial charge in [-0.25, -0.2) is 0 Å². The van der Waals surface area contributed by atoms with Gasteiger partial charge in [-0.1, -0.05) is 27.7 Å². The molecule has 4 rings (SSSR count). The molecule has 1 heterocycles. The second-order valence-electron chi connectivity index (χ2n) is 9.55. The molecule has 1 aliphatic heterocycles. The molecule has 0 aromatic heterocycles. The van der Waals surface area contributed by atoms with Gasteiger partial charge in [0.25, 0.3) is 0 Å². The van der Waals surface area contributed by atoms with E-state index in [0.717, 1.165) is 24.2 Å². The van der Waals surface area contributed by atoms with Gasteiger partial charge < -0.3 is 14.6 Å². The molecule has 3 heteroatoms. The first-order valence-electron chi connectivity index (χ1n) is 9.83. The molecule has 2 fully saturated rings. The van der Waals surface area contributed by atoms with E-state index in [1.54, 1.807) is 13.2 Å². The summed E-state index contributed by atoms with van der Waals surface area (Å²) in [6.07, 6.45) is 6.97. The fraction of sp³-hybridized carbons (Fsp3) is 0.727. The van der Waals surface area contributed by atoms with Crippen molar-refractivity contribution in [1.29, 1.82) is 0 Å². The minimum Gasteiger partial charge on any atom is -0.504 e. The van der Waals surface area contributed by atoms with Crippen LogP contribution in [0.25, 0.3) is 0 Å². The number of phenols is 1. The second-order valence-corrected chi connectivity index (χ2v) is 9.55. The van der Waals surface area contributed by atoms with Crippen molar-refractivity contribution >= 4 is 0 Å². The van der Waals surface area contributed by atoms with E-state index in [1.165, 1.54) is 25.7 Å². The lowest BCUT2D eigenvalue weighted by Gasteiger charge is -2.66. The van der Waals surface area contributed by atoms with Crippen molar-refractivity contribution in [1.82, 2.24) is 0 Å². The number of methoxy groups -OCH3 is 1. The first kappa shape index (κ1) is 17.1. The molecule has 3 nitrogen and oxygen atoms in total. The van der Waals surface area contributed by atoms with E-state index in [1.807, 2.05) is 6.07 Å². The van der Waals surface area contributed by atoms with E-state index in [-0.39, 0.29) is 22.2 Å². The number of fused-ring (bicyclic) bond motifs is 1. The summed E-state index contributed by atoms with van der Waals surface area (Å²) in [5.74, 6) is 2.90. The number of aromatic hydroxyl groups is 1. The van der Waals surface area contributed by atoms with Crippen LogP contribution in [0.5, 0.6) is 17.2 Å². The summed E-state index contributed by atoms with van der Waals surface area (Å²) >= 11 is 0. The highest BCUT2D eigenvalue weighted by Crippen LogP contribution is 2.67. The molecule has 1 spiro atoms. The summed E-state index contributed by atoms with van der Waals surface area (Å²) in [5.41, 5.74) is 1.22. The van der Waals surface area contributed by atoms with Gasteiger partial charge in [0.15, 0.2) is 11.5 Å². The summed E-state index contributed by atoms with van der Waals surface area (Å²) in [7, 11) is 1.70. The maximum Gasteiger partial charge on any atom is 0.168 e. The average Bonchev–Trinajstić information content (AvgIpc) is 2.55. The maximum absolute atomic E-state index is 10.6. The Labute approximate surface area is 151 Å². The van der Waals surface area contributed by atoms with Crippen molar-refractivity contribution in [3.8, 4) is 17.2 Å². The monoisotopic (exact) mass is 344 g/mol. The molecule has 3 aliphatic rings. The van der Waals surface area contributed by atoms with Gasteiger partial charge in [-0.3, -0.25) is 0 Å². The Bertz CT molecular complexity index is 695. The van der Waals surface area contributed by atoms with Crippen molar-refractivity contribution < 1.29 is 14.6 Å². The standard InChI is InChI=1S/C22H32O3/c1-14-7-10-18-20(2,3)11-6-12-22(18)21(14,4)13-15-17(24-5)9-8-16(23)19(15)25-22/h8-9,14,18,23H,6-7,10-13H2,1-5H3/t14-,18-,21+,22-/m0/s1. The topological polar surface area (TPSA) is 38.7 Å². The lowest BCUT2D eigenvalue weighted by molar-refractivity contribution is -0.211. The Morgan fingerprint density at radius 1 is 1.16 bits per heavy atom. The highest BCUT2D eigenvalue weighted by molar-refractivity contribution is 5.56. The third kappa shape index (κ3) is 2.10. The number of hydrogen-bond donors (Lipinski definition) is 1. The third-order valence-corrected chi connectivity index (χ3v) is 8.06. The number of phenolic OH excluding ortho intramolecular Hbond substituents is 1. The van der Waals surface area contributed by atoms with Crippen LogP contribution in [0.3, 0.4) is 0 Å². The van der Waals surface area contributed by atoms with Gasteiger partial charge in [0.05, 0.1) is 7.11 Å². The Morgan fingerprint density at radius 3 is 2.64 bits per heavy atom. The summed E-state index contributed by atoms with van der Waals surface area (Å²) < 4.78 is 12.5. The van der Waals surface area contributed by atoms with Crippen LogP contribution in [0.4, 0.5) is 0 Å². The number of hydrogen-bond acceptors (Lipinski definition) is 3. The fourth-order valence-corrected chi connectivity index (χ4v) is 6.43. The van der Waals surface area contributed by atoms with Gasteiger partial charge in [0.1, 0.15) is 11.4 Å². The van der Waals surface area contributed by atoms with Crippen LogP contribution in [0.2, 0.25) is 0 Å². The molecule has 25 heavy (non-hydrogen) atoms. The summed E-state index contributed by atoms with van der Waals surface area (Å²) in [5, 5.41) is 10.6. The molecule has 1 aromatic rings. The van der Waals surface area contributed by atoms with Crippen LogP contribution in [0, 0.1) is 22.7 Å². The zero-order chi connectivity index (χ0) is 18.0. The zero-order valence-corrected chi connectivity index (χ0v) is 16.3. The minimum atomic E-state index is -0.177. The summed E-state index contributed by atoms with van der Waals surface area (Å²) in [4.78, 5) is 0. The van der Waals surface area contributed by atoms with Gasteiger partial charge >= 0.3 is 0 Å². The molecule has 0 bridgehead atoms. The molecule has 0 saturated heterocycles. The zero-order valence-electron chi connectivity index (χ0n) is 16.3. The van der Waals surface area contributed by atoms with Gasteiger partial charge in [-0.2, -0.15) is 0 Å². The largest absolute Gasteiger partial charge is 0.504 e. The van der Waals surface area contributed by atoms with Crippen LogP contribution in [0.1, 0.15) is 65.4 Å². The minimum absolute atomic E-state index is 0.0711. The highest BCUT2D eigenvalue weighted by atomic mass is 16.5. The average molecular weight is 344 g/mol. The summed E-state index contributed by atoms with van der Waals surface area (Å²) in [6.45, 7) is 9.65. The van der Waals surface area contributed by atoms with Crippen LogP contribution in [0.15, 0.2) is 12.1 Å². The first-order chi connectivity index (χ1) is 11.7. The van der Waals surface area contributed by atoms with E-state index in [9.17, 15) is 5.11 Å². The van der Waals surface area contributed by atoms with Crippen LogP contribution in [-0.2, 0) is 6.42 Å². The predicted octanol–water partition coefficient (Wildman–Crippen LogP) is 5.34. The molecule has 138 valence electrons. The van der Waals surface area contributed by atoms with E-state index >= 15 is 0 Å². The van der Waals surface area contributed by atoms with Crippen molar-refractivity contribution in [3.05, 3.63) is 17.7 Å². The van der Waals surface area contributed by atoms with Crippen LogP contribution in [-0.4, -0.2) is 17.8 Å². The van der Waals surface area contributed by atoms with Crippen LogP contribution >= 0.6 is 0 Å². The van der Waals surface area contributed by atoms with Crippen molar-refractivity contribution in [2.75, 3.05) is 7.11 Å². The van der Waals surface area contributed by atoms with E-state index in [2.05, 4.69) is 27.7 Å². The molecular formula is C22H32O3. The predicted molar refractivity (Wildman–Crippen MR) is 99.3 cm³/mol.